The van der Waals surface area contributed by atoms with E-state index in [1.165, 1.54) is 30.7 Å². The van der Waals surface area contributed by atoms with E-state index in [0.29, 0.717) is 12.2 Å². The van der Waals surface area contributed by atoms with E-state index in [1.807, 2.05) is 0 Å². The van der Waals surface area contributed by atoms with Gasteiger partial charge in [-0.15, -0.1) is 0 Å². The molecule has 0 saturated heterocycles. The number of esters is 1. The van der Waals surface area contributed by atoms with Crippen LogP contribution in [0.25, 0.3) is 0 Å². The maximum Gasteiger partial charge on any atom is 0.338 e. The van der Waals surface area contributed by atoms with Crippen molar-refractivity contribution in [3.05, 3.63) is 47.0 Å². The van der Waals surface area contributed by atoms with E-state index in [2.05, 4.69) is 6.08 Å². The van der Waals surface area contributed by atoms with E-state index in [0.717, 1.165) is 24.8 Å². The van der Waals surface area contributed by atoms with Gasteiger partial charge in [-0.1, -0.05) is 18.2 Å². The van der Waals surface area contributed by atoms with Crippen LogP contribution in [0.15, 0.2) is 35.9 Å². The van der Waals surface area contributed by atoms with Crippen molar-refractivity contribution in [1.82, 2.24) is 0 Å². The van der Waals surface area contributed by atoms with Crippen molar-refractivity contribution in [1.29, 1.82) is 0 Å². The van der Waals surface area contributed by atoms with Crippen LogP contribution in [0.5, 0.6) is 0 Å². The number of ether oxygens (including phenoxy) is 1. The number of rotatable bonds is 4. The number of carboxylic acid groups (broad SMARTS) is 1. The Kier molecular flexibility index (Phi) is 4.34. The number of carbonyl (C=O) groups is 2. The summed E-state index contributed by atoms with van der Waals surface area (Å²) < 4.78 is 5.20. The fourth-order valence-electron chi connectivity index (χ4n) is 2.02. The fourth-order valence-corrected chi connectivity index (χ4v) is 2.02. The van der Waals surface area contributed by atoms with E-state index in [4.69, 9.17) is 4.74 Å². The molecule has 0 fully saturated rings. The van der Waals surface area contributed by atoms with Gasteiger partial charge >= 0.3 is 5.97 Å². The minimum Gasteiger partial charge on any atom is -0.545 e. The molecule has 0 N–H and O–H groups in total. The molecule has 0 spiro atoms. The quantitative estimate of drug-likeness (QED) is 0.610. The van der Waals surface area contributed by atoms with Gasteiger partial charge in [0.2, 0.25) is 0 Å². The molecule has 19 heavy (non-hydrogen) atoms. The molecule has 1 aliphatic rings. The molecule has 0 bridgehead atoms. The lowest BCUT2D eigenvalue weighted by Crippen LogP contribution is -2.22. The van der Waals surface area contributed by atoms with Crippen molar-refractivity contribution in [2.45, 2.75) is 25.7 Å². The molecular formula is C15H15O4-. The smallest absolute Gasteiger partial charge is 0.338 e. The summed E-state index contributed by atoms with van der Waals surface area (Å²) in [6.45, 7) is 0.321. The maximum absolute atomic E-state index is 11.8. The Morgan fingerprint density at radius 2 is 1.79 bits per heavy atom. The molecule has 1 aliphatic carbocycles. The van der Waals surface area contributed by atoms with Gasteiger partial charge in [-0.05, 0) is 49.0 Å². The zero-order valence-corrected chi connectivity index (χ0v) is 10.6. The summed E-state index contributed by atoms with van der Waals surface area (Å²) in [4.78, 5) is 22.3. The standard InChI is InChI=1S/C15H16O4/c16-14(17)12-6-8-13(9-7-12)15(18)19-10-11-4-2-1-3-5-11/h4,6-9H,1-3,5,10H2,(H,16,17)/p-1. The first-order valence-corrected chi connectivity index (χ1v) is 6.33. The molecule has 1 aromatic carbocycles. The molecule has 4 nitrogen and oxygen atoms in total. The number of hydrogen-bond acceptors (Lipinski definition) is 4. The van der Waals surface area contributed by atoms with Gasteiger partial charge in [0.25, 0.3) is 0 Å². The molecule has 2 rings (SSSR count). The number of benzene rings is 1. The van der Waals surface area contributed by atoms with E-state index >= 15 is 0 Å². The summed E-state index contributed by atoms with van der Waals surface area (Å²) in [6, 6.07) is 5.54. The van der Waals surface area contributed by atoms with Crippen LogP contribution in [0.4, 0.5) is 0 Å². The highest BCUT2D eigenvalue weighted by Gasteiger charge is 2.10. The summed E-state index contributed by atoms with van der Waals surface area (Å²) in [6.07, 6.45) is 6.49. The molecule has 0 heterocycles. The summed E-state index contributed by atoms with van der Waals surface area (Å²) in [5.74, 6) is -1.69. The molecular weight excluding hydrogens is 244 g/mol. The van der Waals surface area contributed by atoms with Gasteiger partial charge in [-0.2, -0.15) is 0 Å². The van der Waals surface area contributed by atoms with E-state index in [1.54, 1.807) is 0 Å². The lowest BCUT2D eigenvalue weighted by Gasteiger charge is -2.13. The topological polar surface area (TPSA) is 66.4 Å². The van der Waals surface area contributed by atoms with Crippen molar-refractivity contribution >= 4 is 11.9 Å². The Labute approximate surface area is 111 Å². The molecule has 0 aliphatic heterocycles. The van der Waals surface area contributed by atoms with Gasteiger partial charge in [0.15, 0.2) is 0 Å². The second kappa shape index (κ2) is 6.18. The van der Waals surface area contributed by atoms with Gasteiger partial charge in [0.05, 0.1) is 11.5 Å². The van der Waals surface area contributed by atoms with Gasteiger partial charge in [0, 0.05) is 0 Å². The molecule has 0 amide bonds. The number of hydrogen-bond donors (Lipinski definition) is 0. The van der Waals surface area contributed by atoms with Crippen LogP contribution in [0.2, 0.25) is 0 Å². The first-order valence-electron chi connectivity index (χ1n) is 6.33. The molecule has 0 aromatic heterocycles. The number of aromatic carboxylic acids is 1. The van der Waals surface area contributed by atoms with E-state index in [-0.39, 0.29) is 5.56 Å². The SMILES string of the molecule is O=C([O-])c1ccc(C(=O)OCC2=CCCCC2)cc1. The monoisotopic (exact) mass is 259 g/mol. The van der Waals surface area contributed by atoms with Crippen LogP contribution >= 0.6 is 0 Å². The Hall–Kier alpha value is -2.10. The number of carboxylic acids is 1. The van der Waals surface area contributed by atoms with E-state index in [9.17, 15) is 14.7 Å². The van der Waals surface area contributed by atoms with E-state index < -0.39 is 11.9 Å². The maximum atomic E-state index is 11.8. The van der Waals surface area contributed by atoms with Crippen LogP contribution in [-0.2, 0) is 4.74 Å². The van der Waals surface area contributed by atoms with Crippen molar-refractivity contribution in [3.63, 3.8) is 0 Å². The van der Waals surface area contributed by atoms with Crippen LogP contribution in [0.1, 0.15) is 46.4 Å². The number of allylic oxidation sites excluding steroid dienone is 1. The van der Waals surface area contributed by atoms with Crippen LogP contribution in [0.3, 0.4) is 0 Å². The second-order valence-corrected chi connectivity index (χ2v) is 4.55. The highest BCUT2D eigenvalue weighted by Crippen LogP contribution is 2.17. The summed E-state index contributed by atoms with van der Waals surface area (Å²) in [5.41, 5.74) is 1.55. The molecule has 100 valence electrons. The molecule has 4 heteroatoms. The summed E-state index contributed by atoms with van der Waals surface area (Å²) in [5, 5.41) is 10.6. The first kappa shape index (κ1) is 13.3. The first-order chi connectivity index (χ1) is 9.16. The molecule has 0 unspecified atom stereocenters. The second-order valence-electron chi connectivity index (χ2n) is 4.55. The third-order valence-corrected chi connectivity index (χ3v) is 3.13. The minimum atomic E-state index is -1.26. The fraction of sp³-hybridized carbons (Fsp3) is 0.333. The van der Waals surface area contributed by atoms with Gasteiger partial charge in [0.1, 0.15) is 6.61 Å². The highest BCUT2D eigenvalue weighted by molar-refractivity contribution is 5.92. The zero-order chi connectivity index (χ0) is 13.7. The zero-order valence-electron chi connectivity index (χ0n) is 10.6. The summed E-state index contributed by atoms with van der Waals surface area (Å²) in [7, 11) is 0. The van der Waals surface area contributed by atoms with Crippen molar-refractivity contribution in [2.24, 2.45) is 0 Å². The molecule has 0 radical (unpaired) electrons. The minimum absolute atomic E-state index is 0.0477. The van der Waals surface area contributed by atoms with Crippen molar-refractivity contribution in [3.8, 4) is 0 Å². The summed E-state index contributed by atoms with van der Waals surface area (Å²) >= 11 is 0. The Morgan fingerprint density at radius 1 is 1.11 bits per heavy atom. The number of carbonyl (C=O) groups excluding carboxylic acids is 2. The predicted octanol–water partition coefficient (Wildman–Crippen LogP) is 1.71. The Morgan fingerprint density at radius 3 is 2.37 bits per heavy atom. The molecule has 0 saturated carbocycles. The van der Waals surface area contributed by atoms with Crippen LogP contribution < -0.4 is 5.11 Å². The van der Waals surface area contributed by atoms with Gasteiger partial charge in [-0.3, -0.25) is 0 Å². The Balaban J connectivity index is 1.92. The third-order valence-electron chi connectivity index (χ3n) is 3.13. The lowest BCUT2D eigenvalue weighted by atomic mass is 10.0. The Bertz CT molecular complexity index is 499. The van der Waals surface area contributed by atoms with Crippen LogP contribution in [0, 0.1) is 0 Å². The highest BCUT2D eigenvalue weighted by atomic mass is 16.5. The van der Waals surface area contributed by atoms with Crippen LogP contribution in [-0.4, -0.2) is 18.5 Å². The van der Waals surface area contributed by atoms with Gasteiger partial charge in [-0.25, -0.2) is 4.79 Å². The largest absolute Gasteiger partial charge is 0.545 e. The molecule has 1 aromatic rings. The molecule has 0 atom stereocenters. The van der Waals surface area contributed by atoms with Gasteiger partial charge < -0.3 is 14.6 Å². The van der Waals surface area contributed by atoms with Crippen molar-refractivity contribution in [2.75, 3.05) is 6.61 Å². The third kappa shape index (κ3) is 3.68. The lowest BCUT2D eigenvalue weighted by molar-refractivity contribution is -0.255. The average Bonchev–Trinajstić information content (AvgIpc) is 2.46. The average molecular weight is 259 g/mol. The van der Waals surface area contributed by atoms with Crippen molar-refractivity contribution < 1.29 is 19.4 Å². The normalized spacial score (nSPS) is 14.6. The predicted molar refractivity (Wildman–Crippen MR) is 67.6 cm³/mol.